The molecule has 1 aromatic carbocycles. The highest BCUT2D eigenvalue weighted by Gasteiger charge is 2.21. The summed E-state index contributed by atoms with van der Waals surface area (Å²) in [5.74, 6) is 1.53. The molecule has 23 heavy (non-hydrogen) atoms. The number of ether oxygens (including phenoxy) is 4. The lowest BCUT2D eigenvalue weighted by Crippen LogP contribution is -2.06. The average Bonchev–Trinajstić information content (AvgIpc) is 2.95. The van der Waals surface area contributed by atoms with Crippen LogP contribution in [0.15, 0.2) is 16.5 Å². The van der Waals surface area contributed by atoms with Crippen molar-refractivity contribution in [2.24, 2.45) is 0 Å². The molecular weight excluding hydrogens is 302 g/mol. The van der Waals surface area contributed by atoms with Crippen molar-refractivity contribution in [1.29, 1.82) is 0 Å². The first kappa shape index (κ1) is 16.7. The summed E-state index contributed by atoms with van der Waals surface area (Å²) >= 11 is 0. The van der Waals surface area contributed by atoms with Crippen molar-refractivity contribution >= 4 is 5.97 Å². The molecule has 2 aromatic rings. The molecule has 0 aliphatic carbocycles. The topological polar surface area (TPSA) is 80.0 Å². The van der Waals surface area contributed by atoms with E-state index in [0.717, 1.165) is 0 Å². The monoisotopic (exact) mass is 321 g/mol. The fourth-order valence-electron chi connectivity index (χ4n) is 2.11. The first-order valence-electron chi connectivity index (χ1n) is 7.00. The minimum Gasteiger partial charge on any atom is -0.493 e. The van der Waals surface area contributed by atoms with Crippen molar-refractivity contribution in [1.82, 2.24) is 4.98 Å². The van der Waals surface area contributed by atoms with E-state index in [1.807, 2.05) is 0 Å². The van der Waals surface area contributed by atoms with Crippen molar-refractivity contribution in [2.45, 2.75) is 13.8 Å². The molecule has 0 unspecified atom stereocenters. The lowest BCUT2D eigenvalue weighted by atomic mass is 10.2. The largest absolute Gasteiger partial charge is 0.493 e. The SMILES string of the molecule is CCOC(=O)c1nc(-c2cc(OC)c(OC)c(OC)c2)oc1C. The molecule has 7 nitrogen and oxygen atoms in total. The van der Waals surface area contributed by atoms with Gasteiger partial charge in [-0.15, -0.1) is 0 Å². The second kappa shape index (κ2) is 7.04. The predicted octanol–water partition coefficient (Wildman–Crippen LogP) is 2.85. The van der Waals surface area contributed by atoms with Gasteiger partial charge in [0.25, 0.3) is 0 Å². The molecule has 1 aromatic heterocycles. The molecule has 0 N–H and O–H groups in total. The molecular formula is C16H19NO6. The van der Waals surface area contributed by atoms with Crippen LogP contribution in [0.1, 0.15) is 23.2 Å². The van der Waals surface area contributed by atoms with Gasteiger partial charge in [0.2, 0.25) is 11.6 Å². The number of aromatic nitrogens is 1. The van der Waals surface area contributed by atoms with E-state index in [9.17, 15) is 4.79 Å². The summed E-state index contributed by atoms with van der Waals surface area (Å²) in [5.41, 5.74) is 0.744. The third-order valence-electron chi connectivity index (χ3n) is 3.18. The Kier molecular flexibility index (Phi) is 5.10. The van der Waals surface area contributed by atoms with Gasteiger partial charge in [0, 0.05) is 5.56 Å². The Labute approximate surface area is 134 Å². The van der Waals surface area contributed by atoms with Crippen LogP contribution in [-0.4, -0.2) is 38.9 Å². The maximum Gasteiger partial charge on any atom is 0.360 e. The summed E-state index contributed by atoms with van der Waals surface area (Å²) in [6, 6.07) is 3.39. The molecule has 124 valence electrons. The number of carbonyl (C=O) groups is 1. The number of hydrogen-bond acceptors (Lipinski definition) is 7. The normalized spacial score (nSPS) is 10.3. The van der Waals surface area contributed by atoms with Gasteiger partial charge in [-0.2, -0.15) is 0 Å². The average molecular weight is 321 g/mol. The maximum absolute atomic E-state index is 11.8. The van der Waals surface area contributed by atoms with Gasteiger partial charge < -0.3 is 23.4 Å². The molecule has 0 radical (unpaired) electrons. The minimum absolute atomic E-state index is 0.149. The summed E-state index contributed by atoms with van der Waals surface area (Å²) in [5, 5.41) is 0. The molecule has 0 aliphatic rings. The van der Waals surface area contributed by atoms with Gasteiger partial charge in [0.15, 0.2) is 17.2 Å². The van der Waals surface area contributed by atoms with Crippen LogP contribution in [0, 0.1) is 6.92 Å². The summed E-state index contributed by atoms with van der Waals surface area (Å²) < 4.78 is 26.4. The van der Waals surface area contributed by atoms with E-state index in [-0.39, 0.29) is 18.2 Å². The Morgan fingerprint density at radius 2 is 1.74 bits per heavy atom. The second-order valence-electron chi connectivity index (χ2n) is 4.56. The minimum atomic E-state index is -0.521. The quantitative estimate of drug-likeness (QED) is 0.757. The van der Waals surface area contributed by atoms with E-state index in [1.165, 1.54) is 21.3 Å². The van der Waals surface area contributed by atoms with Gasteiger partial charge in [-0.3, -0.25) is 0 Å². The van der Waals surface area contributed by atoms with Gasteiger partial charge in [0.1, 0.15) is 5.76 Å². The van der Waals surface area contributed by atoms with Gasteiger partial charge in [-0.1, -0.05) is 0 Å². The standard InChI is InChI=1S/C16H19NO6/c1-6-22-16(18)13-9(2)23-15(17-13)10-7-11(19-3)14(21-5)12(8-10)20-4/h7-8H,6H2,1-5H3. The Hall–Kier alpha value is -2.70. The summed E-state index contributed by atoms with van der Waals surface area (Å²) in [6.07, 6.45) is 0. The number of benzene rings is 1. The number of aryl methyl sites for hydroxylation is 1. The maximum atomic E-state index is 11.8. The van der Waals surface area contributed by atoms with E-state index in [0.29, 0.717) is 28.6 Å². The zero-order valence-corrected chi connectivity index (χ0v) is 13.8. The van der Waals surface area contributed by atoms with Crippen molar-refractivity contribution in [3.05, 3.63) is 23.6 Å². The molecule has 7 heteroatoms. The van der Waals surface area contributed by atoms with Crippen molar-refractivity contribution in [3.63, 3.8) is 0 Å². The van der Waals surface area contributed by atoms with E-state index in [2.05, 4.69) is 4.98 Å². The fraction of sp³-hybridized carbons (Fsp3) is 0.375. The van der Waals surface area contributed by atoms with E-state index in [4.69, 9.17) is 23.4 Å². The smallest absolute Gasteiger partial charge is 0.360 e. The van der Waals surface area contributed by atoms with Crippen molar-refractivity contribution in [3.8, 4) is 28.7 Å². The molecule has 0 fully saturated rings. The molecule has 2 rings (SSSR count). The first-order valence-corrected chi connectivity index (χ1v) is 7.00. The Morgan fingerprint density at radius 1 is 1.13 bits per heavy atom. The molecule has 0 spiro atoms. The van der Waals surface area contributed by atoms with Gasteiger partial charge >= 0.3 is 5.97 Å². The van der Waals surface area contributed by atoms with Crippen LogP contribution in [0.5, 0.6) is 17.2 Å². The third-order valence-corrected chi connectivity index (χ3v) is 3.18. The van der Waals surface area contributed by atoms with Crippen LogP contribution in [-0.2, 0) is 4.74 Å². The number of hydrogen-bond donors (Lipinski definition) is 0. The highest BCUT2D eigenvalue weighted by Crippen LogP contribution is 2.41. The number of methoxy groups -OCH3 is 3. The number of rotatable bonds is 6. The third kappa shape index (κ3) is 3.23. The van der Waals surface area contributed by atoms with Crippen LogP contribution < -0.4 is 14.2 Å². The molecule has 0 atom stereocenters. The summed E-state index contributed by atoms with van der Waals surface area (Å²) in [4.78, 5) is 16.1. The molecule has 0 bridgehead atoms. The highest BCUT2D eigenvalue weighted by molar-refractivity contribution is 5.89. The number of esters is 1. The Balaban J connectivity index is 2.50. The van der Waals surface area contributed by atoms with E-state index < -0.39 is 5.97 Å². The fourth-order valence-corrected chi connectivity index (χ4v) is 2.11. The second-order valence-corrected chi connectivity index (χ2v) is 4.56. The van der Waals surface area contributed by atoms with Crippen molar-refractivity contribution in [2.75, 3.05) is 27.9 Å². The number of oxazole rings is 1. The van der Waals surface area contributed by atoms with E-state index in [1.54, 1.807) is 26.0 Å². The van der Waals surface area contributed by atoms with Gasteiger partial charge in [-0.25, -0.2) is 9.78 Å². The molecule has 0 aliphatic heterocycles. The number of carbonyl (C=O) groups excluding carboxylic acids is 1. The van der Waals surface area contributed by atoms with Gasteiger partial charge in [-0.05, 0) is 26.0 Å². The van der Waals surface area contributed by atoms with Crippen LogP contribution >= 0.6 is 0 Å². The molecule has 1 heterocycles. The van der Waals surface area contributed by atoms with Crippen molar-refractivity contribution < 1.29 is 28.2 Å². The summed E-state index contributed by atoms with van der Waals surface area (Å²) in [7, 11) is 4.56. The Bertz CT molecular complexity index is 682. The van der Waals surface area contributed by atoms with Gasteiger partial charge in [0.05, 0.1) is 27.9 Å². The molecule has 0 amide bonds. The lowest BCUT2D eigenvalue weighted by molar-refractivity contribution is 0.0518. The predicted molar refractivity (Wildman–Crippen MR) is 82.3 cm³/mol. The Morgan fingerprint density at radius 3 is 2.22 bits per heavy atom. The van der Waals surface area contributed by atoms with Crippen LogP contribution in [0.2, 0.25) is 0 Å². The summed E-state index contributed by atoms with van der Waals surface area (Å²) in [6.45, 7) is 3.65. The zero-order valence-electron chi connectivity index (χ0n) is 13.8. The van der Waals surface area contributed by atoms with E-state index >= 15 is 0 Å². The van der Waals surface area contributed by atoms with Crippen LogP contribution in [0.3, 0.4) is 0 Å². The first-order chi connectivity index (χ1) is 11.0. The van der Waals surface area contributed by atoms with Crippen LogP contribution in [0.4, 0.5) is 0 Å². The zero-order chi connectivity index (χ0) is 17.0. The van der Waals surface area contributed by atoms with Crippen LogP contribution in [0.25, 0.3) is 11.5 Å². The highest BCUT2D eigenvalue weighted by atomic mass is 16.5. The lowest BCUT2D eigenvalue weighted by Gasteiger charge is -2.12. The molecule has 0 saturated heterocycles. The molecule has 0 saturated carbocycles. The number of nitrogens with zero attached hydrogens (tertiary/aromatic N) is 1.